The highest BCUT2D eigenvalue weighted by Gasteiger charge is 2.30. The summed E-state index contributed by atoms with van der Waals surface area (Å²) < 4.78 is 0. The molecule has 2 nitrogen and oxygen atoms in total. The van der Waals surface area contributed by atoms with Gasteiger partial charge >= 0.3 is 0 Å². The number of hydrogen-bond acceptors (Lipinski definition) is 1. The number of halogens is 2. The average Bonchev–Trinajstić information content (AvgIpc) is 2.88. The van der Waals surface area contributed by atoms with Crippen LogP contribution in [0.5, 0.6) is 0 Å². The van der Waals surface area contributed by atoms with E-state index in [0.29, 0.717) is 6.42 Å². The quantitative estimate of drug-likeness (QED) is 0.566. The molecule has 0 aromatic heterocycles. The molecule has 1 aliphatic rings. The van der Waals surface area contributed by atoms with Crippen LogP contribution in [0.15, 0.2) is 24.3 Å². The maximum atomic E-state index is 12.3. The summed E-state index contributed by atoms with van der Waals surface area (Å²) in [6.45, 7) is 0.864. The second-order valence-corrected chi connectivity index (χ2v) is 6.11. The van der Waals surface area contributed by atoms with Gasteiger partial charge in [0, 0.05) is 23.3 Å². The first-order valence-corrected chi connectivity index (χ1v) is 8.34. The summed E-state index contributed by atoms with van der Waals surface area (Å²) in [4.78, 5) is 14.3. The molecule has 0 N–H and O–H groups in total. The minimum Gasteiger partial charge on any atom is -0.336 e. The normalized spacial score (nSPS) is 18.8. The molecule has 0 bridgehead atoms. The second-order valence-electron chi connectivity index (χ2n) is 4.91. The van der Waals surface area contributed by atoms with Crippen molar-refractivity contribution < 1.29 is 4.79 Å². The third-order valence-electron chi connectivity index (χ3n) is 3.61. The Kier molecular flexibility index (Phi) is 5.71. The van der Waals surface area contributed by atoms with Crippen molar-refractivity contribution >= 4 is 33.4 Å². The minimum atomic E-state index is 0.171. The fraction of sp³-hybridized carbons (Fsp3) is 0.533. The topological polar surface area (TPSA) is 20.3 Å². The summed E-state index contributed by atoms with van der Waals surface area (Å²) in [5.41, 5.74) is 1.09. The first-order chi connectivity index (χ1) is 9.24. The van der Waals surface area contributed by atoms with Gasteiger partial charge in [-0.25, -0.2) is 0 Å². The molecule has 0 aliphatic carbocycles. The van der Waals surface area contributed by atoms with E-state index in [1.54, 1.807) is 0 Å². The highest BCUT2D eigenvalue weighted by Crippen LogP contribution is 2.36. The van der Waals surface area contributed by atoms with E-state index in [1.165, 1.54) is 0 Å². The molecule has 0 saturated carbocycles. The number of likely N-dealkylation sites (tertiary alicyclic amines) is 1. The molecule has 0 radical (unpaired) electrons. The summed E-state index contributed by atoms with van der Waals surface area (Å²) in [6, 6.07) is 8.04. The summed E-state index contributed by atoms with van der Waals surface area (Å²) in [6.07, 6.45) is 4.74. The van der Waals surface area contributed by atoms with E-state index in [4.69, 9.17) is 11.6 Å². The Morgan fingerprint density at radius 2 is 2.16 bits per heavy atom. The molecule has 19 heavy (non-hydrogen) atoms. The maximum absolute atomic E-state index is 12.3. The molecule has 2 rings (SSSR count). The van der Waals surface area contributed by atoms with Crippen molar-refractivity contribution in [3.8, 4) is 0 Å². The summed E-state index contributed by atoms with van der Waals surface area (Å²) in [7, 11) is 0. The molecule has 1 amide bonds. The zero-order chi connectivity index (χ0) is 13.7. The number of alkyl halides is 1. The number of unbranched alkanes of at least 4 members (excludes halogenated alkanes) is 1. The molecular formula is C15H19BrClNO. The average molecular weight is 345 g/mol. The lowest BCUT2D eigenvalue weighted by atomic mass is 10.0. The zero-order valence-corrected chi connectivity index (χ0v) is 13.3. The molecule has 1 atom stereocenters. The lowest BCUT2D eigenvalue weighted by Crippen LogP contribution is -2.30. The van der Waals surface area contributed by atoms with Gasteiger partial charge in [0.1, 0.15) is 0 Å². The minimum absolute atomic E-state index is 0.171. The third kappa shape index (κ3) is 3.73. The Balaban J connectivity index is 2.05. The number of hydrogen-bond donors (Lipinski definition) is 0. The van der Waals surface area contributed by atoms with Crippen LogP contribution < -0.4 is 0 Å². The molecule has 1 aromatic rings. The molecule has 4 heteroatoms. The van der Waals surface area contributed by atoms with Crippen molar-refractivity contribution in [3.63, 3.8) is 0 Å². The molecule has 1 aliphatic heterocycles. The van der Waals surface area contributed by atoms with Gasteiger partial charge in [-0.2, -0.15) is 0 Å². The molecule has 104 valence electrons. The Hall–Kier alpha value is -0.540. The van der Waals surface area contributed by atoms with Crippen LogP contribution in [0.3, 0.4) is 0 Å². The largest absolute Gasteiger partial charge is 0.336 e. The Bertz CT molecular complexity index is 438. The monoisotopic (exact) mass is 343 g/mol. The fourth-order valence-electron chi connectivity index (χ4n) is 2.65. The Morgan fingerprint density at radius 3 is 2.89 bits per heavy atom. The lowest BCUT2D eigenvalue weighted by molar-refractivity contribution is -0.132. The van der Waals surface area contributed by atoms with Gasteiger partial charge in [-0.3, -0.25) is 4.79 Å². The van der Waals surface area contributed by atoms with E-state index in [0.717, 1.165) is 48.1 Å². The van der Waals surface area contributed by atoms with Gasteiger partial charge in [0.05, 0.1) is 6.04 Å². The first-order valence-electron chi connectivity index (χ1n) is 6.84. The molecule has 1 saturated heterocycles. The van der Waals surface area contributed by atoms with Gasteiger partial charge < -0.3 is 4.90 Å². The number of rotatable bonds is 5. The van der Waals surface area contributed by atoms with Crippen molar-refractivity contribution in [2.75, 3.05) is 11.9 Å². The van der Waals surface area contributed by atoms with Gasteiger partial charge in [-0.05, 0) is 37.3 Å². The van der Waals surface area contributed by atoms with Crippen molar-refractivity contribution in [1.29, 1.82) is 0 Å². The summed E-state index contributed by atoms with van der Waals surface area (Å²) >= 11 is 9.66. The predicted molar refractivity (Wildman–Crippen MR) is 82.8 cm³/mol. The predicted octanol–water partition coefficient (Wildman–Crippen LogP) is 4.57. The molecule has 1 fully saturated rings. The van der Waals surface area contributed by atoms with E-state index in [-0.39, 0.29) is 11.9 Å². The number of amides is 1. The Morgan fingerprint density at radius 1 is 1.37 bits per heavy atom. The van der Waals surface area contributed by atoms with Crippen LogP contribution in [-0.2, 0) is 4.79 Å². The van der Waals surface area contributed by atoms with Crippen LogP contribution >= 0.6 is 27.5 Å². The molecule has 0 spiro atoms. The van der Waals surface area contributed by atoms with Crippen molar-refractivity contribution in [3.05, 3.63) is 34.9 Å². The molecular weight excluding hydrogens is 326 g/mol. The number of carbonyl (C=O) groups is 1. The van der Waals surface area contributed by atoms with Crippen molar-refractivity contribution in [2.24, 2.45) is 0 Å². The van der Waals surface area contributed by atoms with Gasteiger partial charge in [0.25, 0.3) is 0 Å². The molecule has 1 unspecified atom stereocenters. The van der Waals surface area contributed by atoms with E-state index >= 15 is 0 Å². The number of carbonyl (C=O) groups excluding carboxylic acids is 1. The number of nitrogens with zero attached hydrogens (tertiary/aromatic N) is 1. The SMILES string of the molecule is O=C(CCCCBr)N1CCCC1c1ccccc1Cl. The number of benzene rings is 1. The highest BCUT2D eigenvalue weighted by molar-refractivity contribution is 9.09. The van der Waals surface area contributed by atoms with Crippen molar-refractivity contribution in [2.45, 2.75) is 38.1 Å². The lowest BCUT2D eigenvalue weighted by Gasteiger charge is -2.26. The van der Waals surface area contributed by atoms with Crippen LogP contribution in [0.1, 0.15) is 43.7 Å². The fourth-order valence-corrected chi connectivity index (χ4v) is 3.31. The summed E-state index contributed by atoms with van der Waals surface area (Å²) in [5, 5.41) is 1.74. The third-order valence-corrected chi connectivity index (χ3v) is 4.52. The van der Waals surface area contributed by atoms with E-state index in [9.17, 15) is 4.79 Å². The van der Waals surface area contributed by atoms with E-state index in [1.807, 2.05) is 29.2 Å². The molecule has 1 aromatic carbocycles. The van der Waals surface area contributed by atoms with Crippen LogP contribution in [0, 0.1) is 0 Å². The smallest absolute Gasteiger partial charge is 0.223 e. The zero-order valence-electron chi connectivity index (χ0n) is 10.9. The Labute approximate surface area is 128 Å². The highest BCUT2D eigenvalue weighted by atomic mass is 79.9. The van der Waals surface area contributed by atoms with Crippen LogP contribution in [-0.4, -0.2) is 22.7 Å². The maximum Gasteiger partial charge on any atom is 0.223 e. The van der Waals surface area contributed by atoms with Crippen LogP contribution in [0.4, 0.5) is 0 Å². The molecule has 1 heterocycles. The van der Waals surface area contributed by atoms with Gasteiger partial charge in [-0.15, -0.1) is 0 Å². The van der Waals surface area contributed by atoms with Gasteiger partial charge in [-0.1, -0.05) is 45.7 Å². The van der Waals surface area contributed by atoms with Gasteiger partial charge in [0.2, 0.25) is 5.91 Å². The van der Waals surface area contributed by atoms with Crippen molar-refractivity contribution in [1.82, 2.24) is 4.90 Å². The second kappa shape index (κ2) is 7.30. The van der Waals surface area contributed by atoms with Crippen LogP contribution in [0.25, 0.3) is 0 Å². The van der Waals surface area contributed by atoms with Crippen LogP contribution in [0.2, 0.25) is 5.02 Å². The standard InChI is InChI=1S/C15H19BrClNO/c16-10-4-3-9-15(19)18-11-5-8-14(18)12-6-1-2-7-13(12)17/h1-2,6-7,14H,3-5,8-11H2. The van der Waals surface area contributed by atoms with E-state index < -0.39 is 0 Å². The van der Waals surface area contributed by atoms with E-state index in [2.05, 4.69) is 15.9 Å². The first kappa shape index (κ1) is 14.9. The summed E-state index contributed by atoms with van der Waals surface area (Å²) in [5.74, 6) is 0.267. The van der Waals surface area contributed by atoms with Gasteiger partial charge in [0.15, 0.2) is 0 Å².